The molecular formula is C18H22ClN3O2. The van der Waals surface area contributed by atoms with Crippen LogP contribution < -0.4 is 5.32 Å². The predicted molar refractivity (Wildman–Crippen MR) is 94.4 cm³/mol. The van der Waals surface area contributed by atoms with Gasteiger partial charge in [0.2, 0.25) is 0 Å². The zero-order chi connectivity index (χ0) is 16.9. The van der Waals surface area contributed by atoms with Crippen LogP contribution in [0.25, 0.3) is 11.4 Å². The van der Waals surface area contributed by atoms with Gasteiger partial charge in [-0.05, 0) is 43.5 Å². The number of carbonyl (C=O) groups excluding carboxylic acids is 1. The number of nitrogens with one attached hydrogen (secondary N) is 1. The van der Waals surface area contributed by atoms with E-state index in [0.29, 0.717) is 23.9 Å². The number of rotatable bonds is 5. The minimum atomic E-state index is -0.127. The largest absolute Gasteiger partial charge is 0.383 e. The highest BCUT2D eigenvalue weighted by atomic mass is 35.5. The molecule has 2 heterocycles. The van der Waals surface area contributed by atoms with Crippen LogP contribution >= 0.6 is 11.6 Å². The summed E-state index contributed by atoms with van der Waals surface area (Å²) >= 11 is 5.99. The normalized spacial score (nSPS) is 14.1. The van der Waals surface area contributed by atoms with Crippen LogP contribution in [0.15, 0.2) is 24.3 Å². The monoisotopic (exact) mass is 347 g/mol. The summed E-state index contributed by atoms with van der Waals surface area (Å²) in [5, 5.41) is 3.58. The molecular weight excluding hydrogens is 326 g/mol. The summed E-state index contributed by atoms with van der Waals surface area (Å²) in [5.74, 6) is 0.721. The molecule has 0 aliphatic carbocycles. The van der Waals surface area contributed by atoms with Crippen LogP contribution in [-0.4, -0.2) is 35.7 Å². The van der Waals surface area contributed by atoms with Gasteiger partial charge in [0.1, 0.15) is 11.5 Å². The van der Waals surface area contributed by atoms with Crippen LogP contribution in [0.3, 0.4) is 0 Å². The van der Waals surface area contributed by atoms with Crippen molar-refractivity contribution >= 4 is 17.5 Å². The van der Waals surface area contributed by atoms with Crippen LogP contribution in [0.5, 0.6) is 0 Å². The summed E-state index contributed by atoms with van der Waals surface area (Å²) in [5.41, 5.74) is 2.56. The maximum Gasteiger partial charge on any atom is 0.271 e. The molecule has 0 saturated heterocycles. The first kappa shape index (κ1) is 17.0. The van der Waals surface area contributed by atoms with Gasteiger partial charge in [0.25, 0.3) is 5.91 Å². The van der Waals surface area contributed by atoms with E-state index >= 15 is 0 Å². The third-order valence-electron chi connectivity index (χ3n) is 4.28. The van der Waals surface area contributed by atoms with Crippen molar-refractivity contribution in [2.45, 2.75) is 32.2 Å². The maximum absolute atomic E-state index is 12.5. The number of methoxy groups -OCH3 is 1. The number of halogens is 1. The van der Waals surface area contributed by atoms with Crippen molar-refractivity contribution in [3.05, 3.63) is 40.7 Å². The fourth-order valence-corrected chi connectivity index (χ4v) is 3.20. The molecule has 1 N–H and O–H groups in total. The summed E-state index contributed by atoms with van der Waals surface area (Å²) in [7, 11) is 1.62. The molecule has 1 aromatic carbocycles. The number of hydrogen-bond acceptors (Lipinski definition) is 3. The van der Waals surface area contributed by atoms with Crippen molar-refractivity contribution in [3.63, 3.8) is 0 Å². The molecule has 1 aromatic heterocycles. The first-order valence-corrected chi connectivity index (χ1v) is 8.71. The van der Waals surface area contributed by atoms with E-state index in [1.807, 2.05) is 24.3 Å². The van der Waals surface area contributed by atoms with E-state index in [2.05, 4.69) is 14.9 Å². The van der Waals surface area contributed by atoms with Gasteiger partial charge < -0.3 is 14.6 Å². The molecule has 2 aromatic rings. The Balaban J connectivity index is 1.97. The highest BCUT2D eigenvalue weighted by molar-refractivity contribution is 6.30. The van der Waals surface area contributed by atoms with Crippen LogP contribution in [0, 0.1) is 0 Å². The Labute approximate surface area is 147 Å². The zero-order valence-electron chi connectivity index (χ0n) is 13.8. The number of hydrogen-bond donors (Lipinski definition) is 1. The molecule has 6 heteroatoms. The number of benzene rings is 1. The molecule has 1 aliphatic rings. The predicted octanol–water partition coefficient (Wildman–Crippen LogP) is 3.31. The van der Waals surface area contributed by atoms with Gasteiger partial charge in [0.05, 0.1) is 12.3 Å². The van der Waals surface area contributed by atoms with E-state index in [0.717, 1.165) is 42.9 Å². The molecule has 0 unspecified atom stereocenters. The molecule has 0 radical (unpaired) electrons. The second-order valence-corrected chi connectivity index (χ2v) is 6.39. The molecule has 0 bridgehead atoms. The highest BCUT2D eigenvalue weighted by Crippen LogP contribution is 2.28. The quantitative estimate of drug-likeness (QED) is 0.844. The summed E-state index contributed by atoms with van der Waals surface area (Å²) in [4.78, 5) is 17.2. The summed E-state index contributed by atoms with van der Waals surface area (Å²) < 4.78 is 7.19. The number of nitrogens with zero attached hydrogens (tertiary/aromatic N) is 2. The van der Waals surface area contributed by atoms with Crippen molar-refractivity contribution < 1.29 is 9.53 Å². The highest BCUT2D eigenvalue weighted by Gasteiger charge is 2.24. The lowest BCUT2D eigenvalue weighted by Crippen LogP contribution is -2.28. The first-order valence-electron chi connectivity index (χ1n) is 8.33. The molecule has 1 aliphatic heterocycles. The van der Waals surface area contributed by atoms with E-state index in [1.165, 1.54) is 6.42 Å². The van der Waals surface area contributed by atoms with E-state index in [4.69, 9.17) is 16.3 Å². The van der Waals surface area contributed by atoms with Crippen LogP contribution in [0.2, 0.25) is 5.02 Å². The number of ether oxygens (including phenoxy) is 1. The van der Waals surface area contributed by atoms with E-state index < -0.39 is 0 Å². The second-order valence-electron chi connectivity index (χ2n) is 5.95. The Kier molecular flexibility index (Phi) is 5.53. The Hall–Kier alpha value is -1.85. The second kappa shape index (κ2) is 7.81. The van der Waals surface area contributed by atoms with Crippen LogP contribution in [0.4, 0.5) is 0 Å². The number of carbonyl (C=O) groups is 1. The van der Waals surface area contributed by atoms with Crippen molar-refractivity contribution in [2.24, 2.45) is 0 Å². The fraction of sp³-hybridized carbons (Fsp3) is 0.444. The molecule has 0 atom stereocenters. The SMILES string of the molecule is COCCNC(=O)c1nc(-c2ccc(Cl)cc2)n2c1CCCCC2. The first-order chi connectivity index (χ1) is 11.7. The molecule has 3 rings (SSSR count). The van der Waals surface area contributed by atoms with Crippen molar-refractivity contribution in [1.82, 2.24) is 14.9 Å². The van der Waals surface area contributed by atoms with Gasteiger partial charge in [-0.2, -0.15) is 0 Å². The minimum absolute atomic E-state index is 0.127. The van der Waals surface area contributed by atoms with Gasteiger partial charge in [-0.3, -0.25) is 4.79 Å². The average molecular weight is 348 g/mol. The average Bonchev–Trinajstić information content (AvgIpc) is 2.77. The molecule has 0 spiro atoms. The van der Waals surface area contributed by atoms with Gasteiger partial charge in [-0.1, -0.05) is 18.0 Å². The number of amides is 1. The van der Waals surface area contributed by atoms with Crippen molar-refractivity contribution in [1.29, 1.82) is 0 Å². The van der Waals surface area contributed by atoms with Gasteiger partial charge >= 0.3 is 0 Å². The minimum Gasteiger partial charge on any atom is -0.383 e. The molecule has 0 saturated carbocycles. The lowest BCUT2D eigenvalue weighted by Gasteiger charge is -2.09. The fourth-order valence-electron chi connectivity index (χ4n) is 3.07. The summed E-state index contributed by atoms with van der Waals surface area (Å²) in [6, 6.07) is 7.62. The molecule has 1 amide bonds. The zero-order valence-corrected chi connectivity index (χ0v) is 14.6. The molecule has 24 heavy (non-hydrogen) atoms. The van der Waals surface area contributed by atoms with Crippen molar-refractivity contribution in [3.8, 4) is 11.4 Å². The Morgan fingerprint density at radius 1 is 1.29 bits per heavy atom. The van der Waals surface area contributed by atoms with Gasteiger partial charge in [0.15, 0.2) is 0 Å². The lowest BCUT2D eigenvalue weighted by molar-refractivity contribution is 0.0931. The van der Waals surface area contributed by atoms with Gasteiger partial charge in [0, 0.05) is 30.8 Å². The third-order valence-corrected chi connectivity index (χ3v) is 4.53. The Morgan fingerprint density at radius 2 is 2.08 bits per heavy atom. The Morgan fingerprint density at radius 3 is 2.83 bits per heavy atom. The van der Waals surface area contributed by atoms with Crippen LogP contribution in [-0.2, 0) is 17.7 Å². The van der Waals surface area contributed by atoms with Gasteiger partial charge in [-0.25, -0.2) is 4.98 Å². The smallest absolute Gasteiger partial charge is 0.271 e. The lowest BCUT2D eigenvalue weighted by atomic mass is 10.1. The van der Waals surface area contributed by atoms with E-state index in [1.54, 1.807) is 7.11 Å². The number of imidazole rings is 1. The summed E-state index contributed by atoms with van der Waals surface area (Å²) in [6.07, 6.45) is 4.25. The Bertz CT molecular complexity index is 710. The summed E-state index contributed by atoms with van der Waals surface area (Å²) in [6.45, 7) is 1.87. The van der Waals surface area contributed by atoms with E-state index in [-0.39, 0.29) is 5.91 Å². The van der Waals surface area contributed by atoms with Crippen molar-refractivity contribution in [2.75, 3.05) is 20.3 Å². The number of fused-ring (bicyclic) bond motifs is 1. The maximum atomic E-state index is 12.5. The topological polar surface area (TPSA) is 56.1 Å². The molecule has 128 valence electrons. The van der Waals surface area contributed by atoms with E-state index in [9.17, 15) is 4.79 Å². The third kappa shape index (κ3) is 3.62. The van der Waals surface area contributed by atoms with Gasteiger partial charge in [-0.15, -0.1) is 0 Å². The molecule has 5 nitrogen and oxygen atoms in total. The number of aromatic nitrogens is 2. The standard InChI is InChI=1S/C18H22ClN3O2/c1-24-12-10-20-18(23)16-15-5-3-2-4-11-22(15)17(21-16)13-6-8-14(19)9-7-13/h6-9H,2-5,10-12H2,1H3,(H,20,23). The molecule has 0 fully saturated rings. The van der Waals surface area contributed by atoms with Crippen LogP contribution in [0.1, 0.15) is 35.4 Å².